The van der Waals surface area contributed by atoms with E-state index in [0.29, 0.717) is 16.6 Å². The number of anilines is 1. The monoisotopic (exact) mass is 311 g/mol. The van der Waals surface area contributed by atoms with Crippen LogP contribution in [0.1, 0.15) is 16.7 Å². The van der Waals surface area contributed by atoms with Gasteiger partial charge in [0.25, 0.3) is 10.0 Å². The normalized spacial score (nSPS) is 11.6. The van der Waals surface area contributed by atoms with Crippen LogP contribution in [0.25, 0.3) is 0 Å². The smallest absolute Gasteiger partial charge is 0.263 e. The third-order valence-corrected chi connectivity index (χ3v) is 5.24. The molecule has 0 aliphatic heterocycles. The Morgan fingerprint density at radius 1 is 1.25 bits per heavy atom. The van der Waals surface area contributed by atoms with E-state index in [-0.39, 0.29) is 0 Å². The van der Waals surface area contributed by atoms with Gasteiger partial charge < -0.3 is 5.32 Å². The molecule has 0 amide bonds. The first-order valence-corrected chi connectivity index (χ1v) is 8.47. The molecule has 0 spiro atoms. The Hall–Kier alpha value is -1.44. The molecule has 2 N–H and O–H groups in total. The Balaban J connectivity index is 2.43. The molecule has 1 heterocycles. The molecule has 7 heteroatoms. The van der Waals surface area contributed by atoms with E-state index in [2.05, 4.69) is 15.0 Å². The summed E-state index contributed by atoms with van der Waals surface area (Å²) in [5, 5.41) is 5.15. The van der Waals surface area contributed by atoms with Crippen molar-refractivity contribution in [1.29, 1.82) is 0 Å². The summed E-state index contributed by atoms with van der Waals surface area (Å²) in [5.74, 6) is 0. The minimum atomic E-state index is -3.60. The van der Waals surface area contributed by atoms with Gasteiger partial charge in [-0.15, -0.1) is 11.3 Å². The molecule has 0 atom stereocenters. The van der Waals surface area contributed by atoms with E-state index in [0.717, 1.165) is 16.7 Å². The molecule has 0 aliphatic carbocycles. The van der Waals surface area contributed by atoms with E-state index >= 15 is 0 Å². The molecular weight excluding hydrogens is 294 g/mol. The molecule has 20 heavy (non-hydrogen) atoms. The Morgan fingerprint density at radius 3 is 2.60 bits per heavy atom. The van der Waals surface area contributed by atoms with Gasteiger partial charge in [0.05, 0.1) is 4.90 Å². The fraction of sp³-hybridized carbons (Fsp3) is 0.308. The highest BCUT2D eigenvalue weighted by Gasteiger charge is 2.19. The van der Waals surface area contributed by atoms with Gasteiger partial charge in [-0.1, -0.05) is 6.07 Å². The maximum Gasteiger partial charge on any atom is 0.263 e. The number of hydrogen-bond donors (Lipinski definition) is 2. The van der Waals surface area contributed by atoms with Crippen molar-refractivity contribution in [2.45, 2.75) is 25.3 Å². The average molecular weight is 311 g/mol. The van der Waals surface area contributed by atoms with Crippen LogP contribution in [0.3, 0.4) is 0 Å². The Morgan fingerprint density at radius 2 is 2.00 bits per heavy atom. The number of aryl methyl sites for hydroxylation is 2. The van der Waals surface area contributed by atoms with Crippen LogP contribution in [-0.4, -0.2) is 20.4 Å². The standard InChI is InChI=1S/C13H17N3O2S2/c1-9-6-10(2)12(7-11(9)8-14-3)20(17,18)16-13-15-4-5-19-13/h4-7,14H,8H2,1-3H3,(H,15,16). The largest absolute Gasteiger partial charge is 0.316 e. The van der Waals surface area contributed by atoms with Gasteiger partial charge in [0.15, 0.2) is 5.13 Å². The molecule has 0 saturated heterocycles. The van der Waals surface area contributed by atoms with Crippen LogP contribution in [-0.2, 0) is 16.6 Å². The van der Waals surface area contributed by atoms with E-state index < -0.39 is 10.0 Å². The number of nitrogens with zero attached hydrogens (tertiary/aromatic N) is 1. The first kappa shape index (κ1) is 15.0. The van der Waals surface area contributed by atoms with Crippen LogP contribution in [0.5, 0.6) is 0 Å². The minimum Gasteiger partial charge on any atom is -0.316 e. The third-order valence-electron chi connectivity index (χ3n) is 2.94. The second-order valence-corrected chi connectivity index (χ2v) is 7.06. The summed E-state index contributed by atoms with van der Waals surface area (Å²) in [4.78, 5) is 4.24. The topological polar surface area (TPSA) is 71.1 Å². The highest BCUT2D eigenvalue weighted by Crippen LogP contribution is 2.23. The van der Waals surface area contributed by atoms with Crippen molar-refractivity contribution in [3.05, 3.63) is 40.4 Å². The zero-order valence-corrected chi connectivity index (χ0v) is 13.2. The molecule has 0 bridgehead atoms. The van der Waals surface area contributed by atoms with E-state index in [1.165, 1.54) is 11.3 Å². The van der Waals surface area contributed by atoms with Gasteiger partial charge in [0.1, 0.15) is 0 Å². The van der Waals surface area contributed by atoms with Crippen molar-refractivity contribution in [2.24, 2.45) is 0 Å². The second-order valence-electron chi connectivity index (χ2n) is 4.52. The molecule has 2 rings (SSSR count). The fourth-order valence-corrected chi connectivity index (χ4v) is 4.06. The number of rotatable bonds is 5. The van der Waals surface area contributed by atoms with Gasteiger partial charge in [-0.2, -0.15) is 0 Å². The third kappa shape index (κ3) is 3.17. The van der Waals surface area contributed by atoms with E-state index in [9.17, 15) is 8.42 Å². The Labute approximate surface area is 123 Å². The van der Waals surface area contributed by atoms with Gasteiger partial charge in [0, 0.05) is 18.1 Å². The lowest BCUT2D eigenvalue weighted by molar-refractivity contribution is 0.600. The lowest BCUT2D eigenvalue weighted by atomic mass is 10.1. The minimum absolute atomic E-state index is 0.295. The summed E-state index contributed by atoms with van der Waals surface area (Å²) in [5.41, 5.74) is 2.77. The molecule has 0 unspecified atom stereocenters. The highest BCUT2D eigenvalue weighted by atomic mass is 32.2. The number of aromatic nitrogens is 1. The van der Waals surface area contributed by atoms with E-state index in [1.54, 1.807) is 24.6 Å². The Kier molecular flexibility index (Phi) is 4.42. The van der Waals surface area contributed by atoms with Crippen LogP contribution in [0.4, 0.5) is 5.13 Å². The van der Waals surface area contributed by atoms with Crippen molar-refractivity contribution < 1.29 is 8.42 Å². The summed E-state index contributed by atoms with van der Waals surface area (Å²) >= 11 is 1.25. The summed E-state index contributed by atoms with van der Waals surface area (Å²) in [6.07, 6.45) is 1.57. The fourth-order valence-electron chi connectivity index (χ4n) is 1.99. The SMILES string of the molecule is CNCc1cc(S(=O)(=O)Nc2nccs2)c(C)cc1C. The van der Waals surface area contributed by atoms with Crippen LogP contribution in [0, 0.1) is 13.8 Å². The highest BCUT2D eigenvalue weighted by molar-refractivity contribution is 7.93. The molecule has 0 aliphatic rings. The maximum absolute atomic E-state index is 12.4. The molecule has 0 radical (unpaired) electrons. The van der Waals surface area contributed by atoms with Crippen LogP contribution >= 0.6 is 11.3 Å². The number of thiazole rings is 1. The molecule has 2 aromatic rings. The first-order chi connectivity index (χ1) is 9.44. The Bertz CT molecular complexity index is 695. The van der Waals surface area contributed by atoms with Gasteiger partial charge in [-0.3, -0.25) is 4.72 Å². The maximum atomic E-state index is 12.4. The van der Waals surface area contributed by atoms with Crippen molar-refractivity contribution >= 4 is 26.5 Å². The molecule has 0 saturated carbocycles. The predicted molar refractivity (Wildman–Crippen MR) is 81.6 cm³/mol. The number of benzene rings is 1. The van der Waals surface area contributed by atoms with Crippen molar-refractivity contribution in [2.75, 3.05) is 11.8 Å². The summed E-state index contributed by atoms with van der Waals surface area (Å²) in [6, 6.07) is 3.61. The molecule has 0 fully saturated rings. The average Bonchev–Trinajstić information content (AvgIpc) is 2.84. The van der Waals surface area contributed by atoms with E-state index in [4.69, 9.17) is 0 Å². The van der Waals surface area contributed by atoms with Gasteiger partial charge in [-0.25, -0.2) is 13.4 Å². The van der Waals surface area contributed by atoms with Crippen molar-refractivity contribution in [3.63, 3.8) is 0 Å². The van der Waals surface area contributed by atoms with Gasteiger partial charge in [0.2, 0.25) is 0 Å². The van der Waals surface area contributed by atoms with Crippen molar-refractivity contribution in [1.82, 2.24) is 10.3 Å². The number of sulfonamides is 1. The molecule has 108 valence electrons. The van der Waals surface area contributed by atoms with Gasteiger partial charge >= 0.3 is 0 Å². The summed E-state index contributed by atoms with van der Waals surface area (Å²) in [7, 11) is -1.77. The van der Waals surface area contributed by atoms with Crippen LogP contribution < -0.4 is 10.0 Å². The second kappa shape index (κ2) is 5.90. The molecule has 1 aromatic carbocycles. The van der Waals surface area contributed by atoms with Crippen molar-refractivity contribution in [3.8, 4) is 0 Å². The molecule has 5 nitrogen and oxygen atoms in total. The van der Waals surface area contributed by atoms with E-state index in [1.807, 2.05) is 20.0 Å². The zero-order chi connectivity index (χ0) is 14.8. The van der Waals surface area contributed by atoms with Crippen LogP contribution in [0.15, 0.2) is 28.6 Å². The number of nitrogens with one attached hydrogen (secondary N) is 2. The lowest BCUT2D eigenvalue weighted by Gasteiger charge is -2.13. The summed E-state index contributed by atoms with van der Waals surface area (Å²) in [6.45, 7) is 4.41. The van der Waals surface area contributed by atoms with Gasteiger partial charge in [-0.05, 0) is 43.7 Å². The number of hydrogen-bond acceptors (Lipinski definition) is 5. The molecule has 1 aromatic heterocycles. The zero-order valence-electron chi connectivity index (χ0n) is 11.6. The summed E-state index contributed by atoms with van der Waals surface area (Å²) < 4.78 is 27.3. The lowest BCUT2D eigenvalue weighted by Crippen LogP contribution is -2.16. The first-order valence-electron chi connectivity index (χ1n) is 6.11. The molecular formula is C13H17N3O2S2. The predicted octanol–water partition coefficient (Wildman–Crippen LogP) is 2.28. The quantitative estimate of drug-likeness (QED) is 0.888. The van der Waals surface area contributed by atoms with Crippen LogP contribution in [0.2, 0.25) is 0 Å².